The van der Waals surface area contributed by atoms with Gasteiger partial charge in [0.15, 0.2) is 0 Å². The maximum atomic E-state index is 12.3. The van der Waals surface area contributed by atoms with E-state index in [2.05, 4.69) is 4.98 Å². The molecule has 1 heterocycles. The first-order valence-electron chi connectivity index (χ1n) is 3.57. The minimum atomic E-state index is -4.52. The lowest BCUT2D eigenvalue weighted by molar-refractivity contribution is -0.138. The molecule has 0 aliphatic carbocycles. The molecule has 0 aliphatic rings. The molecule has 7 heteroatoms. The topological polar surface area (TPSA) is 30.0 Å². The lowest BCUT2D eigenvalue weighted by atomic mass is 10.1. The van der Waals surface area contributed by atoms with E-state index in [0.29, 0.717) is 0 Å². The van der Waals surface area contributed by atoms with Crippen LogP contribution in [0.1, 0.15) is 16.5 Å². The summed E-state index contributed by atoms with van der Waals surface area (Å²) in [5.41, 5.74) is -1.25. The molecule has 1 atom stereocenters. The zero-order valence-corrected chi connectivity index (χ0v) is 8.73. The van der Waals surface area contributed by atoms with Crippen molar-refractivity contribution in [2.24, 2.45) is 0 Å². The van der Waals surface area contributed by atoms with Gasteiger partial charge in [-0.05, 0) is 6.07 Å². The van der Waals surface area contributed by atoms with E-state index in [1.165, 1.54) is 0 Å². The van der Waals surface area contributed by atoms with Crippen molar-refractivity contribution >= 4 is 30.3 Å². The van der Waals surface area contributed by atoms with Crippen LogP contribution in [-0.2, 0) is 11.0 Å². The van der Waals surface area contributed by atoms with Crippen LogP contribution in [0.3, 0.4) is 0 Å². The number of aldehydes is 1. The molecular weight excluding hydrogens is 254 g/mol. The van der Waals surface area contributed by atoms with Crippen LogP contribution < -0.4 is 0 Å². The van der Waals surface area contributed by atoms with Crippen LogP contribution in [0.2, 0.25) is 0 Å². The quantitative estimate of drug-likeness (QED) is 0.604. The highest BCUT2D eigenvalue weighted by atomic mass is 35.5. The van der Waals surface area contributed by atoms with Crippen molar-refractivity contribution in [2.45, 2.75) is 11.6 Å². The van der Waals surface area contributed by atoms with Crippen LogP contribution in [0.15, 0.2) is 18.5 Å². The van der Waals surface area contributed by atoms with Gasteiger partial charge in [-0.3, -0.25) is 4.98 Å². The van der Waals surface area contributed by atoms with Crippen LogP contribution in [0.5, 0.6) is 0 Å². The number of nitrogens with zero attached hydrogens (tertiary/aromatic N) is 1. The number of aromatic nitrogens is 1. The van der Waals surface area contributed by atoms with E-state index >= 15 is 0 Å². The van der Waals surface area contributed by atoms with Gasteiger partial charge in [-0.2, -0.15) is 13.2 Å². The highest BCUT2D eigenvalue weighted by Gasteiger charge is 2.34. The number of rotatable bonds is 2. The zero-order chi connectivity index (χ0) is 10.8. The fourth-order valence-corrected chi connectivity index (χ4v) is 1.13. The van der Waals surface area contributed by atoms with E-state index < -0.39 is 17.1 Å². The van der Waals surface area contributed by atoms with E-state index in [1.54, 1.807) is 0 Å². The van der Waals surface area contributed by atoms with E-state index in [1.807, 2.05) is 0 Å². The van der Waals surface area contributed by atoms with Crippen LogP contribution in [-0.4, -0.2) is 11.3 Å². The fraction of sp³-hybridized carbons (Fsp3) is 0.250. The normalized spacial score (nSPS) is 12.8. The highest BCUT2D eigenvalue weighted by Crippen LogP contribution is 2.35. The molecule has 0 bridgehead atoms. The van der Waals surface area contributed by atoms with Crippen molar-refractivity contribution in [3.63, 3.8) is 0 Å². The molecule has 0 fully saturated rings. The van der Waals surface area contributed by atoms with Crippen molar-refractivity contribution < 1.29 is 18.0 Å². The van der Waals surface area contributed by atoms with Crippen molar-refractivity contribution in [3.8, 4) is 0 Å². The Bertz CT molecular complexity index is 343. The van der Waals surface area contributed by atoms with E-state index in [9.17, 15) is 18.0 Å². The predicted molar refractivity (Wildman–Crippen MR) is 51.1 cm³/mol. The monoisotopic (exact) mass is 259 g/mol. The molecule has 0 aromatic carbocycles. The van der Waals surface area contributed by atoms with Gasteiger partial charge in [-0.25, -0.2) is 0 Å². The molecule has 84 valence electrons. The summed E-state index contributed by atoms with van der Waals surface area (Å²) < 4.78 is 37.0. The first kappa shape index (κ1) is 14.2. The molecule has 0 radical (unpaired) electrons. The van der Waals surface area contributed by atoms with Crippen molar-refractivity contribution in [1.29, 1.82) is 0 Å². The average Bonchev–Trinajstić information content (AvgIpc) is 2.15. The molecule has 0 saturated heterocycles. The minimum absolute atomic E-state index is 0. The van der Waals surface area contributed by atoms with Gasteiger partial charge in [0.2, 0.25) is 0 Å². The summed E-state index contributed by atoms with van der Waals surface area (Å²) in [5, 5.41) is -1.32. The van der Waals surface area contributed by atoms with E-state index in [-0.39, 0.29) is 24.3 Å². The summed E-state index contributed by atoms with van der Waals surface area (Å²) in [4.78, 5) is 13.7. The number of alkyl halides is 4. The molecule has 2 nitrogen and oxygen atoms in total. The average molecular weight is 260 g/mol. The molecule has 0 spiro atoms. The zero-order valence-electron chi connectivity index (χ0n) is 7.16. The molecule has 0 saturated carbocycles. The Hall–Kier alpha value is -0.810. The van der Waals surface area contributed by atoms with E-state index in [4.69, 9.17) is 11.6 Å². The summed E-state index contributed by atoms with van der Waals surface area (Å²) in [5.74, 6) is 0. The van der Waals surface area contributed by atoms with Gasteiger partial charge in [0.25, 0.3) is 0 Å². The molecule has 15 heavy (non-hydrogen) atoms. The van der Waals surface area contributed by atoms with Crippen molar-refractivity contribution in [3.05, 3.63) is 29.6 Å². The lowest BCUT2D eigenvalue weighted by Crippen LogP contribution is -2.11. The summed E-state index contributed by atoms with van der Waals surface area (Å²) in [6, 6.07) is 0.786. The smallest absolute Gasteiger partial charge is 0.301 e. The van der Waals surface area contributed by atoms with Gasteiger partial charge in [-0.15, -0.1) is 24.0 Å². The molecule has 0 aliphatic heterocycles. The second kappa shape index (κ2) is 5.32. The molecule has 1 rings (SSSR count). The van der Waals surface area contributed by atoms with Gasteiger partial charge in [0, 0.05) is 18.0 Å². The minimum Gasteiger partial charge on any atom is -0.301 e. The molecule has 1 unspecified atom stereocenters. The van der Waals surface area contributed by atoms with Crippen molar-refractivity contribution in [2.75, 3.05) is 0 Å². The third-order valence-corrected chi connectivity index (χ3v) is 1.91. The third kappa shape index (κ3) is 3.35. The summed E-state index contributed by atoms with van der Waals surface area (Å²) in [6.07, 6.45) is -2.35. The Morgan fingerprint density at radius 1 is 1.47 bits per heavy atom. The number of hydrogen-bond acceptors (Lipinski definition) is 2. The Balaban J connectivity index is 0.00000196. The van der Waals surface area contributed by atoms with Crippen molar-refractivity contribution in [1.82, 2.24) is 4.98 Å². The Morgan fingerprint density at radius 3 is 2.53 bits per heavy atom. The molecule has 1 aromatic rings. The van der Waals surface area contributed by atoms with E-state index in [0.717, 1.165) is 18.5 Å². The maximum Gasteiger partial charge on any atom is 0.416 e. The number of hydrogen-bond donors (Lipinski definition) is 0. The first-order valence-corrected chi connectivity index (χ1v) is 4.01. The first-order chi connectivity index (χ1) is 6.46. The summed E-state index contributed by atoms with van der Waals surface area (Å²) in [6.45, 7) is 0. The van der Waals surface area contributed by atoms with Crippen LogP contribution in [0.4, 0.5) is 13.2 Å². The van der Waals surface area contributed by atoms with Gasteiger partial charge in [-0.1, -0.05) is 0 Å². The second-order valence-electron chi connectivity index (χ2n) is 2.50. The Kier molecular flexibility index (Phi) is 5.03. The third-order valence-electron chi connectivity index (χ3n) is 1.57. The Labute approximate surface area is 94.9 Å². The van der Waals surface area contributed by atoms with Crippen LogP contribution >= 0.6 is 24.0 Å². The number of carbonyl (C=O) groups is 1. The molecule has 1 aromatic heterocycles. The maximum absolute atomic E-state index is 12.3. The van der Waals surface area contributed by atoms with Gasteiger partial charge in [0.05, 0.1) is 5.56 Å². The standard InChI is InChI=1S/C8H5ClF3NO.ClH/c9-7(4-14)5-3-13-2-1-6(5)8(10,11)12;/h1-4,7H;1H. The largest absolute Gasteiger partial charge is 0.416 e. The molecule has 0 amide bonds. The summed E-state index contributed by atoms with van der Waals surface area (Å²) >= 11 is 5.39. The fourth-order valence-electron chi connectivity index (χ4n) is 0.958. The predicted octanol–water partition coefficient (Wildman–Crippen LogP) is 3.00. The van der Waals surface area contributed by atoms with Gasteiger partial charge in [0.1, 0.15) is 11.7 Å². The highest BCUT2D eigenvalue weighted by molar-refractivity contribution is 6.27. The Morgan fingerprint density at radius 2 is 2.07 bits per heavy atom. The number of pyridine rings is 1. The van der Waals surface area contributed by atoms with Crippen LogP contribution in [0, 0.1) is 0 Å². The number of carbonyl (C=O) groups excluding carboxylic acids is 1. The van der Waals surface area contributed by atoms with Crippen LogP contribution in [0.25, 0.3) is 0 Å². The molecule has 0 N–H and O–H groups in total. The number of halogens is 5. The molecular formula is C8H6Cl2F3NO. The second-order valence-corrected chi connectivity index (χ2v) is 2.97. The lowest BCUT2D eigenvalue weighted by Gasteiger charge is -2.12. The van der Waals surface area contributed by atoms with Gasteiger partial charge < -0.3 is 4.79 Å². The SMILES string of the molecule is Cl.O=CC(Cl)c1cnccc1C(F)(F)F. The summed E-state index contributed by atoms with van der Waals surface area (Å²) in [7, 11) is 0. The van der Waals surface area contributed by atoms with Gasteiger partial charge >= 0.3 is 6.18 Å².